The lowest BCUT2D eigenvalue weighted by atomic mass is 10.1. The number of morpholine rings is 1. The van der Waals surface area contributed by atoms with Gasteiger partial charge in [0.15, 0.2) is 0 Å². The summed E-state index contributed by atoms with van der Waals surface area (Å²) >= 11 is 1.40. The van der Waals surface area contributed by atoms with Gasteiger partial charge in [0, 0.05) is 12.1 Å². The van der Waals surface area contributed by atoms with Crippen LogP contribution >= 0.6 is 11.3 Å². The van der Waals surface area contributed by atoms with E-state index in [-0.39, 0.29) is 18.6 Å². The van der Waals surface area contributed by atoms with Crippen LogP contribution in [0, 0.1) is 11.8 Å². The molecule has 0 saturated carbocycles. The fourth-order valence-corrected chi connectivity index (χ4v) is 2.90. The Balaban J connectivity index is 2.21. The molecule has 1 aromatic heterocycles. The summed E-state index contributed by atoms with van der Waals surface area (Å²) < 4.78 is 5.41. The normalized spacial score (nSPS) is 18.8. The zero-order valence-electron chi connectivity index (χ0n) is 10.9. The Labute approximate surface area is 117 Å². The van der Waals surface area contributed by atoms with Crippen LogP contribution in [-0.2, 0) is 4.74 Å². The number of rotatable bonds is 2. The number of hydrogen-bond donors (Lipinski definition) is 1. The van der Waals surface area contributed by atoms with Crippen LogP contribution in [0.15, 0.2) is 11.4 Å². The molecule has 0 bridgehead atoms. The number of carbonyl (C=O) groups excluding carboxylic acids is 1. The lowest BCUT2D eigenvalue weighted by molar-refractivity contribution is -0.00254. The number of carbonyl (C=O) groups is 1. The van der Waals surface area contributed by atoms with Crippen molar-refractivity contribution in [1.29, 1.82) is 0 Å². The molecule has 19 heavy (non-hydrogen) atoms. The molecule has 1 aromatic rings. The standard InChI is InChI=1S/C14H17NO3S/c1-2-12-10-18-8-6-15(12)14(17)13-11(4-3-7-16)5-9-19-13/h5,9,12,16H,2,6-8,10H2,1H3. The monoisotopic (exact) mass is 279 g/mol. The molecule has 5 heteroatoms. The van der Waals surface area contributed by atoms with E-state index in [1.807, 2.05) is 16.3 Å². The second kappa shape index (κ2) is 6.71. The fourth-order valence-electron chi connectivity index (χ4n) is 2.10. The highest BCUT2D eigenvalue weighted by Gasteiger charge is 2.28. The van der Waals surface area contributed by atoms with Gasteiger partial charge < -0.3 is 14.7 Å². The van der Waals surface area contributed by atoms with E-state index in [0.717, 1.165) is 6.42 Å². The van der Waals surface area contributed by atoms with E-state index < -0.39 is 0 Å². The van der Waals surface area contributed by atoms with Gasteiger partial charge in [-0.05, 0) is 17.9 Å². The summed E-state index contributed by atoms with van der Waals surface area (Å²) in [7, 11) is 0. The molecule has 0 spiro atoms. The predicted molar refractivity (Wildman–Crippen MR) is 74.2 cm³/mol. The van der Waals surface area contributed by atoms with Crippen LogP contribution in [0.3, 0.4) is 0 Å². The molecular formula is C14H17NO3S. The largest absolute Gasteiger partial charge is 0.384 e. The molecule has 0 aliphatic carbocycles. The second-order valence-corrected chi connectivity index (χ2v) is 5.17. The Morgan fingerprint density at radius 3 is 3.26 bits per heavy atom. The first-order chi connectivity index (χ1) is 9.27. The number of nitrogens with zero attached hydrogens (tertiary/aromatic N) is 1. The van der Waals surface area contributed by atoms with Crippen LogP contribution in [0.25, 0.3) is 0 Å². The molecule has 1 saturated heterocycles. The van der Waals surface area contributed by atoms with Gasteiger partial charge in [0.1, 0.15) is 11.5 Å². The van der Waals surface area contributed by atoms with E-state index in [0.29, 0.717) is 30.2 Å². The summed E-state index contributed by atoms with van der Waals surface area (Å²) in [5.74, 6) is 5.44. The van der Waals surface area contributed by atoms with E-state index in [2.05, 4.69) is 18.8 Å². The van der Waals surface area contributed by atoms with Crippen LogP contribution in [0.1, 0.15) is 28.6 Å². The molecule has 2 rings (SSSR count). The molecule has 1 atom stereocenters. The maximum atomic E-state index is 12.6. The van der Waals surface area contributed by atoms with Gasteiger partial charge in [0.25, 0.3) is 5.91 Å². The smallest absolute Gasteiger partial charge is 0.265 e. The first-order valence-electron chi connectivity index (χ1n) is 6.33. The minimum absolute atomic E-state index is 0.0207. The topological polar surface area (TPSA) is 49.8 Å². The van der Waals surface area contributed by atoms with E-state index >= 15 is 0 Å². The van der Waals surface area contributed by atoms with Crippen LogP contribution < -0.4 is 0 Å². The molecular weight excluding hydrogens is 262 g/mol. The van der Waals surface area contributed by atoms with Crippen molar-refractivity contribution in [2.24, 2.45) is 0 Å². The van der Waals surface area contributed by atoms with E-state index in [4.69, 9.17) is 9.84 Å². The van der Waals surface area contributed by atoms with Crippen molar-refractivity contribution < 1.29 is 14.6 Å². The molecule has 0 aromatic carbocycles. The number of aliphatic hydroxyl groups is 1. The zero-order chi connectivity index (χ0) is 13.7. The third kappa shape index (κ3) is 3.16. The van der Waals surface area contributed by atoms with Crippen molar-refractivity contribution in [2.75, 3.05) is 26.4 Å². The van der Waals surface area contributed by atoms with Crippen molar-refractivity contribution in [1.82, 2.24) is 4.90 Å². The van der Waals surface area contributed by atoms with Gasteiger partial charge in [0.2, 0.25) is 0 Å². The Morgan fingerprint density at radius 1 is 1.68 bits per heavy atom. The summed E-state index contributed by atoms with van der Waals surface area (Å²) in [6.45, 7) is 3.68. The molecule has 1 N–H and O–H groups in total. The number of hydrogen-bond acceptors (Lipinski definition) is 4. The SMILES string of the molecule is CCC1COCCN1C(=O)c1sccc1C#CCO. The number of thiophene rings is 1. The van der Waals surface area contributed by atoms with Gasteiger partial charge in [-0.1, -0.05) is 18.8 Å². The Morgan fingerprint density at radius 2 is 2.53 bits per heavy atom. The minimum atomic E-state index is -0.196. The van der Waals surface area contributed by atoms with Gasteiger partial charge in [-0.2, -0.15) is 0 Å². The quantitative estimate of drug-likeness (QED) is 0.831. The number of ether oxygens (including phenoxy) is 1. The van der Waals surface area contributed by atoms with Crippen LogP contribution in [0.2, 0.25) is 0 Å². The van der Waals surface area contributed by atoms with Gasteiger partial charge in [-0.25, -0.2) is 0 Å². The molecule has 2 heterocycles. The molecule has 1 aliphatic rings. The summed E-state index contributed by atoms with van der Waals surface area (Å²) in [6.07, 6.45) is 0.884. The lowest BCUT2D eigenvalue weighted by Crippen LogP contribution is -2.48. The fraction of sp³-hybridized carbons (Fsp3) is 0.500. The third-order valence-corrected chi connectivity index (χ3v) is 4.02. The van der Waals surface area contributed by atoms with Crippen molar-refractivity contribution in [3.8, 4) is 11.8 Å². The van der Waals surface area contributed by atoms with Crippen molar-refractivity contribution in [3.05, 3.63) is 21.9 Å². The highest BCUT2D eigenvalue weighted by atomic mass is 32.1. The van der Waals surface area contributed by atoms with Gasteiger partial charge in [-0.15, -0.1) is 11.3 Å². The Bertz CT molecular complexity index is 500. The summed E-state index contributed by atoms with van der Waals surface area (Å²) in [5, 5.41) is 10.6. The van der Waals surface area contributed by atoms with Gasteiger partial charge in [0.05, 0.1) is 19.3 Å². The predicted octanol–water partition coefficient (Wildman–Crippen LogP) is 1.34. The summed E-state index contributed by atoms with van der Waals surface area (Å²) in [5.41, 5.74) is 0.699. The van der Waals surface area contributed by atoms with Crippen LogP contribution in [0.4, 0.5) is 0 Å². The number of aliphatic hydroxyl groups excluding tert-OH is 1. The Kier molecular flexibility index (Phi) is 4.97. The molecule has 0 radical (unpaired) electrons. The van der Waals surface area contributed by atoms with E-state index in [1.54, 1.807) is 0 Å². The maximum Gasteiger partial charge on any atom is 0.265 e. The average molecular weight is 279 g/mol. The van der Waals surface area contributed by atoms with Crippen molar-refractivity contribution >= 4 is 17.2 Å². The summed E-state index contributed by atoms with van der Waals surface area (Å²) in [4.78, 5) is 15.1. The highest BCUT2D eigenvalue weighted by molar-refractivity contribution is 7.12. The van der Waals surface area contributed by atoms with Crippen LogP contribution in [-0.4, -0.2) is 48.3 Å². The minimum Gasteiger partial charge on any atom is -0.384 e. The first-order valence-corrected chi connectivity index (χ1v) is 7.21. The van der Waals surface area contributed by atoms with Crippen molar-refractivity contribution in [2.45, 2.75) is 19.4 Å². The maximum absolute atomic E-state index is 12.6. The highest BCUT2D eigenvalue weighted by Crippen LogP contribution is 2.21. The van der Waals surface area contributed by atoms with Crippen molar-refractivity contribution in [3.63, 3.8) is 0 Å². The molecule has 1 amide bonds. The lowest BCUT2D eigenvalue weighted by Gasteiger charge is -2.34. The average Bonchev–Trinajstić information content (AvgIpc) is 2.92. The molecule has 1 aliphatic heterocycles. The zero-order valence-corrected chi connectivity index (χ0v) is 11.7. The first kappa shape index (κ1) is 14.1. The van der Waals surface area contributed by atoms with E-state index in [9.17, 15) is 4.79 Å². The van der Waals surface area contributed by atoms with Gasteiger partial charge in [-0.3, -0.25) is 4.79 Å². The molecule has 1 unspecified atom stereocenters. The molecule has 4 nitrogen and oxygen atoms in total. The molecule has 102 valence electrons. The number of amides is 1. The van der Waals surface area contributed by atoms with Crippen LogP contribution in [0.5, 0.6) is 0 Å². The molecule has 1 fully saturated rings. The second-order valence-electron chi connectivity index (χ2n) is 4.26. The van der Waals surface area contributed by atoms with E-state index in [1.165, 1.54) is 11.3 Å². The third-order valence-electron chi connectivity index (χ3n) is 3.12. The van der Waals surface area contributed by atoms with Gasteiger partial charge >= 0.3 is 0 Å². The summed E-state index contributed by atoms with van der Waals surface area (Å²) in [6, 6.07) is 1.96. The Hall–Kier alpha value is -1.35.